The van der Waals surface area contributed by atoms with Crippen molar-refractivity contribution in [3.05, 3.63) is 48.0 Å². The third-order valence-electron chi connectivity index (χ3n) is 9.69. The van der Waals surface area contributed by atoms with Gasteiger partial charge in [-0.25, -0.2) is 4.79 Å². The number of halogens is 2. The zero-order chi connectivity index (χ0) is 25.4. The van der Waals surface area contributed by atoms with Crippen molar-refractivity contribution in [3.63, 3.8) is 0 Å². The maximum absolute atomic E-state index is 13.6. The van der Waals surface area contributed by atoms with Crippen LogP contribution < -0.4 is 0 Å². The van der Waals surface area contributed by atoms with Gasteiger partial charge in [0.2, 0.25) is 5.76 Å². The third-order valence-corrected chi connectivity index (χ3v) is 10.9. The third kappa shape index (κ3) is 3.02. The number of esters is 1. The molecule has 0 aromatic carbocycles. The monoisotopic (exact) mass is 520 g/mol. The molecule has 1 N–H and O–H groups in total. The minimum Gasteiger partial charge on any atom is -0.457 e. The number of aliphatic hydroxyl groups excluding tert-OH is 1. The van der Waals surface area contributed by atoms with Crippen LogP contribution in [0.25, 0.3) is 0 Å². The minimum absolute atomic E-state index is 0.00557. The molecular weight excluding hydrogens is 491 g/mol. The van der Waals surface area contributed by atoms with E-state index in [0.29, 0.717) is 19.3 Å². The molecule has 35 heavy (non-hydrogen) atoms. The maximum Gasteiger partial charge on any atom is 0.375 e. The first-order valence-corrected chi connectivity index (χ1v) is 13.0. The van der Waals surface area contributed by atoms with Crippen LogP contribution in [0.15, 0.2) is 46.6 Å². The van der Waals surface area contributed by atoms with E-state index in [1.807, 2.05) is 26.8 Å². The SMILES string of the molecule is C[C@@H]1CC2C3CCC4=CC(=O)C=C[C@]4(C)[C@]3(Cl)[C@H](O)C[C@]2(C)[C@@]1(OC(=O)c1ccco1)C(=O)CCl. The summed E-state index contributed by atoms with van der Waals surface area (Å²) in [5.41, 5.74) is -2.20. The Balaban J connectivity index is 1.61. The van der Waals surface area contributed by atoms with Crippen molar-refractivity contribution in [3.8, 4) is 0 Å². The standard InChI is InChI=1S/C27H30Cl2O6/c1-15-11-19-18-7-6-16-12-17(30)8-9-24(16,2)26(18,29)21(31)13-25(19,3)27(15,22(32)14-28)35-23(33)20-5-4-10-34-20/h4-5,8-10,12,15,18-19,21,31H,6-7,11,13-14H2,1-3H3/t15-,18?,19?,21-,24+,25+,26-,27+/m1/s1. The maximum atomic E-state index is 13.6. The van der Waals surface area contributed by atoms with Crippen LogP contribution in [0.1, 0.15) is 57.0 Å². The number of rotatable bonds is 4. The van der Waals surface area contributed by atoms with Crippen LogP contribution in [0.2, 0.25) is 0 Å². The van der Waals surface area contributed by atoms with Crippen molar-refractivity contribution in [2.75, 3.05) is 5.88 Å². The molecule has 3 saturated carbocycles. The van der Waals surface area contributed by atoms with E-state index in [-0.39, 0.29) is 47.4 Å². The number of allylic oxidation sites excluding steroid dienone is 4. The smallest absolute Gasteiger partial charge is 0.375 e. The zero-order valence-electron chi connectivity index (χ0n) is 20.1. The highest BCUT2D eigenvalue weighted by Crippen LogP contribution is 2.72. The summed E-state index contributed by atoms with van der Waals surface area (Å²) in [7, 11) is 0. The number of hydrogen-bond acceptors (Lipinski definition) is 6. The number of carbonyl (C=O) groups excluding carboxylic acids is 3. The van der Waals surface area contributed by atoms with Crippen LogP contribution in [-0.2, 0) is 14.3 Å². The molecule has 0 spiro atoms. The Morgan fingerprint density at radius 2 is 2.03 bits per heavy atom. The molecule has 8 atom stereocenters. The van der Waals surface area contributed by atoms with Crippen molar-refractivity contribution in [1.82, 2.24) is 0 Å². The van der Waals surface area contributed by atoms with E-state index in [0.717, 1.165) is 5.57 Å². The van der Waals surface area contributed by atoms with Crippen LogP contribution in [0, 0.1) is 28.6 Å². The largest absolute Gasteiger partial charge is 0.457 e. The summed E-state index contributed by atoms with van der Waals surface area (Å²) in [5, 5.41) is 11.8. The Morgan fingerprint density at radius 1 is 1.29 bits per heavy atom. The average Bonchev–Trinajstić information content (AvgIpc) is 3.42. The summed E-state index contributed by atoms with van der Waals surface area (Å²) < 4.78 is 11.3. The lowest BCUT2D eigenvalue weighted by Gasteiger charge is -2.64. The molecule has 8 heteroatoms. The summed E-state index contributed by atoms with van der Waals surface area (Å²) in [6.45, 7) is 5.81. The number of fused-ring (bicyclic) bond motifs is 5. The number of hydrogen-bond donors (Lipinski definition) is 1. The molecule has 3 fully saturated rings. The highest BCUT2D eigenvalue weighted by Gasteiger charge is 2.76. The first-order valence-electron chi connectivity index (χ1n) is 12.1. The highest BCUT2D eigenvalue weighted by atomic mass is 35.5. The Morgan fingerprint density at radius 3 is 2.69 bits per heavy atom. The minimum atomic E-state index is -1.53. The second-order valence-electron chi connectivity index (χ2n) is 11.1. The number of furan rings is 1. The lowest BCUT2D eigenvalue weighted by molar-refractivity contribution is -0.177. The van der Waals surface area contributed by atoms with Gasteiger partial charge in [-0.2, -0.15) is 0 Å². The molecule has 4 aliphatic carbocycles. The van der Waals surface area contributed by atoms with Crippen LogP contribution in [0.4, 0.5) is 0 Å². The van der Waals surface area contributed by atoms with Crippen molar-refractivity contribution >= 4 is 40.7 Å². The van der Waals surface area contributed by atoms with Crippen LogP contribution in [0.3, 0.4) is 0 Å². The molecule has 1 heterocycles. The molecule has 0 amide bonds. The zero-order valence-corrected chi connectivity index (χ0v) is 21.6. The number of Topliss-reactive ketones (excluding diaryl/α,β-unsaturated/α-hetero) is 1. The van der Waals surface area contributed by atoms with Gasteiger partial charge in [0.15, 0.2) is 17.2 Å². The van der Waals surface area contributed by atoms with E-state index in [9.17, 15) is 19.5 Å². The number of carbonyl (C=O) groups is 3. The van der Waals surface area contributed by atoms with Crippen molar-refractivity contribution in [1.29, 1.82) is 0 Å². The van der Waals surface area contributed by atoms with Gasteiger partial charge in [0.25, 0.3) is 0 Å². The number of aliphatic hydroxyl groups is 1. The lowest BCUT2D eigenvalue weighted by atomic mass is 9.45. The molecule has 0 bridgehead atoms. The van der Waals surface area contributed by atoms with Crippen molar-refractivity contribution in [2.24, 2.45) is 28.6 Å². The normalized spacial score (nSPS) is 44.2. The fraction of sp³-hybridized carbons (Fsp3) is 0.593. The molecular formula is C27H30Cl2O6. The first kappa shape index (κ1) is 24.8. The highest BCUT2D eigenvalue weighted by molar-refractivity contribution is 6.29. The molecule has 1 aromatic heterocycles. The fourth-order valence-electron chi connectivity index (χ4n) is 8.09. The van der Waals surface area contributed by atoms with E-state index in [1.165, 1.54) is 18.4 Å². The van der Waals surface area contributed by atoms with E-state index in [1.54, 1.807) is 12.1 Å². The van der Waals surface area contributed by atoms with Gasteiger partial charge in [0.1, 0.15) is 0 Å². The first-order chi connectivity index (χ1) is 16.5. The Bertz CT molecular complexity index is 1140. The van der Waals surface area contributed by atoms with Gasteiger partial charge in [-0.15, -0.1) is 23.2 Å². The van der Waals surface area contributed by atoms with Gasteiger partial charge in [-0.3, -0.25) is 9.59 Å². The van der Waals surface area contributed by atoms with Gasteiger partial charge >= 0.3 is 5.97 Å². The van der Waals surface area contributed by atoms with E-state index in [2.05, 4.69) is 0 Å². The van der Waals surface area contributed by atoms with E-state index in [4.69, 9.17) is 32.4 Å². The Labute approximate surface area is 214 Å². The van der Waals surface area contributed by atoms with Gasteiger partial charge < -0.3 is 14.3 Å². The topological polar surface area (TPSA) is 93.8 Å². The summed E-state index contributed by atoms with van der Waals surface area (Å²) >= 11 is 13.6. The quantitative estimate of drug-likeness (QED) is 0.449. The molecule has 6 nitrogen and oxygen atoms in total. The molecule has 2 unspecified atom stereocenters. The molecule has 0 aliphatic heterocycles. The molecule has 1 aromatic rings. The van der Waals surface area contributed by atoms with Gasteiger partial charge in [-0.05, 0) is 61.8 Å². The van der Waals surface area contributed by atoms with Crippen LogP contribution >= 0.6 is 23.2 Å². The van der Waals surface area contributed by atoms with Gasteiger partial charge in [-0.1, -0.05) is 32.4 Å². The van der Waals surface area contributed by atoms with E-state index < -0.39 is 33.4 Å². The lowest BCUT2D eigenvalue weighted by Crippen LogP contribution is -2.69. The molecule has 0 saturated heterocycles. The number of ether oxygens (including phenoxy) is 1. The average molecular weight is 521 g/mol. The molecule has 4 aliphatic rings. The van der Waals surface area contributed by atoms with Crippen LogP contribution in [0.5, 0.6) is 0 Å². The van der Waals surface area contributed by atoms with Gasteiger partial charge in [0, 0.05) is 16.7 Å². The van der Waals surface area contributed by atoms with Gasteiger partial charge in [0.05, 0.1) is 23.1 Å². The Kier molecular flexibility index (Phi) is 5.71. The summed E-state index contributed by atoms with van der Waals surface area (Å²) in [6.07, 6.45) is 7.44. The predicted octanol–water partition coefficient (Wildman–Crippen LogP) is 4.87. The summed E-state index contributed by atoms with van der Waals surface area (Å²) in [5.74, 6) is -2.12. The predicted molar refractivity (Wildman–Crippen MR) is 130 cm³/mol. The molecule has 5 rings (SSSR count). The summed E-state index contributed by atoms with van der Waals surface area (Å²) in [4.78, 5) is 37.7. The second kappa shape index (κ2) is 8.06. The molecule has 188 valence electrons. The summed E-state index contributed by atoms with van der Waals surface area (Å²) in [6, 6.07) is 3.07. The molecule has 0 radical (unpaired) electrons. The fourth-order valence-corrected chi connectivity index (χ4v) is 8.81. The number of ketones is 2. The van der Waals surface area contributed by atoms with Crippen molar-refractivity contribution in [2.45, 2.75) is 63.0 Å². The van der Waals surface area contributed by atoms with E-state index >= 15 is 0 Å². The number of alkyl halides is 2. The van der Waals surface area contributed by atoms with Crippen molar-refractivity contribution < 1.29 is 28.6 Å². The Hall–Kier alpha value is -1.89. The second-order valence-corrected chi connectivity index (χ2v) is 12.0. The van der Waals surface area contributed by atoms with Crippen LogP contribution in [-0.4, -0.2) is 45.1 Å².